The van der Waals surface area contributed by atoms with Gasteiger partial charge in [-0.05, 0) is 38.7 Å². The van der Waals surface area contributed by atoms with Crippen molar-refractivity contribution in [2.24, 2.45) is 5.41 Å². The first-order chi connectivity index (χ1) is 11.1. The van der Waals surface area contributed by atoms with Crippen LogP contribution < -0.4 is 4.90 Å². The van der Waals surface area contributed by atoms with Crippen LogP contribution in [0.4, 0.5) is 5.95 Å². The quantitative estimate of drug-likeness (QED) is 0.928. The van der Waals surface area contributed by atoms with Gasteiger partial charge in [0, 0.05) is 49.3 Å². The second kappa shape index (κ2) is 5.71. The highest BCUT2D eigenvalue weighted by atomic mass is 16.5. The number of piperidine rings is 1. The molecule has 0 amide bonds. The van der Waals surface area contributed by atoms with E-state index in [0.717, 1.165) is 44.0 Å². The van der Waals surface area contributed by atoms with E-state index in [0.29, 0.717) is 5.92 Å². The lowest BCUT2D eigenvalue weighted by Gasteiger charge is -2.56. The molecule has 5 nitrogen and oxygen atoms in total. The molecule has 0 radical (unpaired) electrons. The standard InChI is InChI=1S/C18H27N3O2/c1-12-10-14(13-4-3-5-13)20-17(19-12)21-8-6-18(7-9-21)15(22)11-16(18)23-2/h10,13,15-16,22H,3-9,11H2,1-2H3/t15-,16+/m0/s1. The predicted molar refractivity (Wildman–Crippen MR) is 88.7 cm³/mol. The summed E-state index contributed by atoms with van der Waals surface area (Å²) >= 11 is 0. The molecule has 2 aliphatic carbocycles. The van der Waals surface area contributed by atoms with Crippen molar-refractivity contribution in [1.82, 2.24) is 9.97 Å². The van der Waals surface area contributed by atoms with Crippen LogP contribution in [0.3, 0.4) is 0 Å². The highest BCUT2D eigenvalue weighted by Crippen LogP contribution is 2.51. The van der Waals surface area contributed by atoms with Crippen LogP contribution in [0, 0.1) is 12.3 Å². The summed E-state index contributed by atoms with van der Waals surface area (Å²) in [4.78, 5) is 11.8. The molecule has 2 heterocycles. The largest absolute Gasteiger partial charge is 0.392 e. The molecule has 1 spiro atoms. The van der Waals surface area contributed by atoms with Gasteiger partial charge in [-0.15, -0.1) is 0 Å². The number of aliphatic hydroxyl groups is 1. The van der Waals surface area contributed by atoms with Crippen molar-refractivity contribution in [2.75, 3.05) is 25.1 Å². The molecule has 126 valence electrons. The van der Waals surface area contributed by atoms with Crippen LogP contribution in [0.1, 0.15) is 55.8 Å². The zero-order valence-electron chi connectivity index (χ0n) is 14.2. The third-order valence-electron chi connectivity index (χ3n) is 6.39. The number of anilines is 1. The van der Waals surface area contributed by atoms with Gasteiger partial charge in [0.25, 0.3) is 0 Å². The smallest absolute Gasteiger partial charge is 0.225 e. The number of hydrogen-bond donors (Lipinski definition) is 1. The molecule has 23 heavy (non-hydrogen) atoms. The lowest BCUT2D eigenvalue weighted by molar-refractivity contribution is -0.190. The van der Waals surface area contributed by atoms with Gasteiger partial charge < -0.3 is 14.7 Å². The van der Waals surface area contributed by atoms with Gasteiger partial charge in [0.05, 0.1) is 12.2 Å². The second-order valence-electron chi connectivity index (χ2n) is 7.56. The molecule has 0 bridgehead atoms. The topological polar surface area (TPSA) is 58.5 Å². The zero-order valence-corrected chi connectivity index (χ0v) is 14.2. The molecule has 4 rings (SSSR count). The average Bonchev–Trinajstić information content (AvgIpc) is 2.50. The minimum Gasteiger partial charge on any atom is -0.392 e. The summed E-state index contributed by atoms with van der Waals surface area (Å²) in [7, 11) is 1.76. The Balaban J connectivity index is 1.49. The Morgan fingerprint density at radius 1 is 1.26 bits per heavy atom. The number of nitrogens with zero attached hydrogens (tertiary/aromatic N) is 3. The van der Waals surface area contributed by atoms with Crippen LogP contribution in [0.2, 0.25) is 0 Å². The summed E-state index contributed by atoms with van der Waals surface area (Å²) in [5.41, 5.74) is 2.25. The van der Waals surface area contributed by atoms with Crippen molar-refractivity contribution >= 4 is 5.95 Å². The molecule has 3 aliphatic rings. The fraction of sp³-hybridized carbons (Fsp3) is 0.778. The van der Waals surface area contributed by atoms with E-state index < -0.39 is 0 Å². The van der Waals surface area contributed by atoms with Crippen molar-refractivity contribution in [3.05, 3.63) is 17.5 Å². The van der Waals surface area contributed by atoms with Gasteiger partial charge in [-0.3, -0.25) is 0 Å². The number of rotatable bonds is 3. The molecular formula is C18H27N3O2. The Morgan fingerprint density at radius 3 is 2.57 bits per heavy atom. The van der Waals surface area contributed by atoms with Crippen molar-refractivity contribution < 1.29 is 9.84 Å². The van der Waals surface area contributed by atoms with Crippen molar-refractivity contribution in [3.8, 4) is 0 Å². The average molecular weight is 317 g/mol. The first kappa shape index (κ1) is 15.3. The Kier molecular flexibility index (Phi) is 3.81. The third-order valence-corrected chi connectivity index (χ3v) is 6.39. The Labute approximate surface area is 138 Å². The first-order valence-corrected chi connectivity index (χ1v) is 8.94. The normalized spacial score (nSPS) is 30.1. The number of aliphatic hydroxyl groups excluding tert-OH is 1. The van der Waals surface area contributed by atoms with E-state index in [-0.39, 0.29) is 17.6 Å². The van der Waals surface area contributed by atoms with Crippen LogP contribution in [-0.2, 0) is 4.74 Å². The third kappa shape index (κ3) is 2.45. The lowest BCUT2D eigenvalue weighted by atomic mass is 9.58. The Hall–Kier alpha value is -1.20. The number of aryl methyl sites for hydroxylation is 1. The van der Waals surface area contributed by atoms with Gasteiger partial charge in [-0.1, -0.05) is 6.42 Å². The van der Waals surface area contributed by atoms with Gasteiger partial charge in [0.1, 0.15) is 0 Å². The Bertz CT molecular complexity index is 580. The minimum absolute atomic E-state index is 0.0358. The van der Waals surface area contributed by atoms with Gasteiger partial charge >= 0.3 is 0 Å². The van der Waals surface area contributed by atoms with Crippen LogP contribution in [-0.4, -0.2) is 47.5 Å². The van der Waals surface area contributed by atoms with Gasteiger partial charge in [0.2, 0.25) is 5.95 Å². The van der Waals surface area contributed by atoms with E-state index >= 15 is 0 Å². The molecule has 1 aromatic rings. The predicted octanol–water partition coefficient (Wildman–Crippen LogP) is 2.42. The SMILES string of the molecule is CO[C@@H]1C[C@H](O)C12CCN(c1nc(C)cc(C3CCC3)n1)CC2. The molecule has 2 atom stereocenters. The Morgan fingerprint density at radius 2 is 2.00 bits per heavy atom. The summed E-state index contributed by atoms with van der Waals surface area (Å²) in [6, 6.07) is 2.15. The van der Waals surface area contributed by atoms with Gasteiger partial charge in [0.15, 0.2) is 0 Å². The number of aromatic nitrogens is 2. The lowest BCUT2D eigenvalue weighted by Crippen LogP contribution is -2.62. The molecule has 1 saturated heterocycles. The van der Waals surface area contributed by atoms with E-state index in [1.54, 1.807) is 7.11 Å². The van der Waals surface area contributed by atoms with Crippen molar-refractivity contribution in [1.29, 1.82) is 0 Å². The molecule has 1 aromatic heterocycles. The van der Waals surface area contributed by atoms with Gasteiger partial charge in [-0.25, -0.2) is 9.97 Å². The van der Waals surface area contributed by atoms with Crippen LogP contribution in [0.5, 0.6) is 0 Å². The summed E-state index contributed by atoms with van der Waals surface area (Å²) < 4.78 is 5.57. The molecule has 2 saturated carbocycles. The monoisotopic (exact) mass is 317 g/mol. The van der Waals surface area contributed by atoms with Gasteiger partial charge in [-0.2, -0.15) is 0 Å². The first-order valence-electron chi connectivity index (χ1n) is 8.94. The fourth-order valence-electron chi connectivity index (χ4n) is 4.47. The summed E-state index contributed by atoms with van der Waals surface area (Å²) in [6.07, 6.45) is 6.56. The van der Waals surface area contributed by atoms with Crippen LogP contribution in [0.15, 0.2) is 6.07 Å². The minimum atomic E-state index is -0.210. The maximum Gasteiger partial charge on any atom is 0.225 e. The molecule has 3 fully saturated rings. The van der Waals surface area contributed by atoms with Crippen LogP contribution in [0.25, 0.3) is 0 Å². The second-order valence-corrected chi connectivity index (χ2v) is 7.56. The van der Waals surface area contributed by atoms with E-state index in [2.05, 4.69) is 22.9 Å². The number of hydrogen-bond acceptors (Lipinski definition) is 5. The molecule has 1 N–H and O–H groups in total. The van der Waals surface area contributed by atoms with E-state index in [4.69, 9.17) is 9.72 Å². The van der Waals surface area contributed by atoms with Crippen LogP contribution >= 0.6 is 0 Å². The zero-order chi connectivity index (χ0) is 16.0. The summed E-state index contributed by atoms with van der Waals surface area (Å²) in [5, 5.41) is 10.3. The molecular weight excluding hydrogens is 290 g/mol. The number of ether oxygens (including phenoxy) is 1. The summed E-state index contributed by atoms with van der Waals surface area (Å²) in [5.74, 6) is 1.52. The maximum atomic E-state index is 10.3. The molecule has 0 unspecified atom stereocenters. The van der Waals surface area contributed by atoms with E-state index in [1.807, 2.05) is 0 Å². The molecule has 1 aliphatic heterocycles. The summed E-state index contributed by atoms with van der Waals surface area (Å²) in [6.45, 7) is 3.88. The fourth-order valence-corrected chi connectivity index (χ4v) is 4.47. The molecule has 5 heteroatoms. The van der Waals surface area contributed by atoms with Crippen molar-refractivity contribution in [3.63, 3.8) is 0 Å². The van der Waals surface area contributed by atoms with Crippen molar-refractivity contribution in [2.45, 2.75) is 63.6 Å². The van der Waals surface area contributed by atoms with E-state index in [1.165, 1.54) is 25.0 Å². The molecule has 0 aromatic carbocycles. The number of methoxy groups -OCH3 is 1. The highest BCUT2D eigenvalue weighted by molar-refractivity contribution is 5.35. The maximum absolute atomic E-state index is 10.3. The van der Waals surface area contributed by atoms with E-state index in [9.17, 15) is 5.11 Å². The highest BCUT2D eigenvalue weighted by Gasteiger charge is 2.55.